The van der Waals surface area contributed by atoms with Crippen molar-refractivity contribution >= 4 is 44.0 Å². The Morgan fingerprint density at radius 1 is 1.06 bits per heavy atom. The summed E-state index contributed by atoms with van der Waals surface area (Å²) in [6, 6.07) is 14.2. The van der Waals surface area contributed by atoms with Gasteiger partial charge in [0.25, 0.3) is 0 Å². The van der Waals surface area contributed by atoms with Gasteiger partial charge >= 0.3 is 11.6 Å². The van der Waals surface area contributed by atoms with Crippen molar-refractivity contribution < 1.29 is 14.4 Å². The molecule has 0 saturated heterocycles. The van der Waals surface area contributed by atoms with Crippen LogP contribution in [0.15, 0.2) is 65.5 Å². The topological polar surface area (TPSA) is 112 Å². The first-order valence-electron chi connectivity index (χ1n) is 9.27. The van der Waals surface area contributed by atoms with Crippen LogP contribution in [0.1, 0.15) is 6.92 Å². The van der Waals surface area contributed by atoms with Crippen LogP contribution in [0, 0.1) is 10.1 Å². The molecule has 0 fully saturated rings. The summed E-state index contributed by atoms with van der Waals surface area (Å²) in [5.41, 5.74) is 0.676. The Kier molecular flexibility index (Phi) is 5.89. The number of aromatic nitrogens is 3. The predicted molar refractivity (Wildman–Crippen MR) is 119 cm³/mol. The molecule has 2 heterocycles. The molecule has 4 rings (SSSR count). The molecule has 0 amide bonds. The minimum Gasteiger partial charge on any atom is -0.492 e. The highest BCUT2D eigenvalue weighted by Crippen LogP contribution is 2.39. The molecule has 2 aromatic carbocycles. The zero-order valence-electron chi connectivity index (χ0n) is 16.3. The molecule has 0 radical (unpaired) electrons. The van der Waals surface area contributed by atoms with E-state index in [4.69, 9.17) is 9.47 Å². The number of rotatable bonds is 7. The maximum absolute atomic E-state index is 11.9. The first kappa shape index (κ1) is 20.5. The normalized spacial score (nSPS) is 10.6. The quantitative estimate of drug-likeness (QED) is 0.267. The Labute approximate surface area is 185 Å². The van der Waals surface area contributed by atoms with Gasteiger partial charge in [-0.05, 0) is 37.3 Å². The van der Waals surface area contributed by atoms with Crippen LogP contribution in [0.4, 0.5) is 17.2 Å². The smallest absolute Gasteiger partial charge is 0.373 e. The molecule has 9 nitrogen and oxygen atoms in total. The third kappa shape index (κ3) is 4.24. The molecule has 10 heteroatoms. The van der Waals surface area contributed by atoms with Gasteiger partial charge in [-0.15, -0.1) is 0 Å². The van der Waals surface area contributed by atoms with Crippen molar-refractivity contribution in [1.82, 2.24) is 15.0 Å². The van der Waals surface area contributed by atoms with Crippen LogP contribution in [-0.4, -0.2) is 26.5 Å². The maximum atomic E-state index is 11.9. The van der Waals surface area contributed by atoms with Crippen molar-refractivity contribution in [3.05, 3.63) is 75.6 Å². The third-order valence-corrected chi connectivity index (χ3v) is 4.99. The zero-order valence-corrected chi connectivity index (χ0v) is 17.9. The highest BCUT2D eigenvalue weighted by atomic mass is 79.9. The van der Waals surface area contributed by atoms with Gasteiger partial charge in [-0.2, -0.15) is 4.98 Å². The lowest BCUT2D eigenvalue weighted by Crippen LogP contribution is -2.05. The van der Waals surface area contributed by atoms with Crippen molar-refractivity contribution in [2.75, 3.05) is 11.9 Å². The molecule has 31 heavy (non-hydrogen) atoms. The molecule has 0 aliphatic heterocycles. The highest BCUT2D eigenvalue weighted by Gasteiger charge is 2.26. The van der Waals surface area contributed by atoms with E-state index < -0.39 is 10.6 Å². The Morgan fingerprint density at radius 3 is 2.71 bits per heavy atom. The summed E-state index contributed by atoms with van der Waals surface area (Å²) in [4.78, 5) is 23.7. The number of para-hydroxylation sites is 2. The van der Waals surface area contributed by atoms with Crippen molar-refractivity contribution in [3.63, 3.8) is 0 Å². The Morgan fingerprint density at radius 2 is 1.90 bits per heavy atom. The lowest BCUT2D eigenvalue weighted by atomic mass is 10.2. The van der Waals surface area contributed by atoms with E-state index in [9.17, 15) is 10.1 Å². The number of benzene rings is 2. The van der Waals surface area contributed by atoms with Crippen LogP contribution in [0.2, 0.25) is 0 Å². The Hall–Kier alpha value is -3.79. The van der Waals surface area contributed by atoms with Gasteiger partial charge in [-0.1, -0.05) is 34.1 Å². The molecule has 4 aromatic rings. The van der Waals surface area contributed by atoms with Crippen molar-refractivity contribution in [3.8, 4) is 17.4 Å². The summed E-state index contributed by atoms with van der Waals surface area (Å²) in [6.07, 6.45) is 2.82. The monoisotopic (exact) mass is 481 g/mol. The number of nitrogens with one attached hydrogen (secondary N) is 1. The molecule has 0 saturated carbocycles. The van der Waals surface area contributed by atoms with E-state index in [-0.39, 0.29) is 11.7 Å². The van der Waals surface area contributed by atoms with E-state index in [1.165, 1.54) is 6.33 Å². The van der Waals surface area contributed by atoms with Crippen LogP contribution in [0.25, 0.3) is 10.9 Å². The molecule has 0 bridgehead atoms. The van der Waals surface area contributed by atoms with E-state index in [1.54, 1.807) is 42.6 Å². The number of halogens is 1. The first-order valence-corrected chi connectivity index (χ1v) is 10.1. The Balaban J connectivity index is 1.76. The van der Waals surface area contributed by atoms with E-state index in [0.717, 1.165) is 9.86 Å². The highest BCUT2D eigenvalue weighted by molar-refractivity contribution is 9.10. The van der Waals surface area contributed by atoms with E-state index in [0.29, 0.717) is 29.3 Å². The van der Waals surface area contributed by atoms with Gasteiger partial charge in [0.15, 0.2) is 5.75 Å². The van der Waals surface area contributed by atoms with E-state index >= 15 is 0 Å². The second kappa shape index (κ2) is 8.92. The van der Waals surface area contributed by atoms with Crippen molar-refractivity contribution in [2.24, 2.45) is 0 Å². The van der Waals surface area contributed by atoms with Gasteiger partial charge in [0.2, 0.25) is 5.82 Å². The fourth-order valence-corrected chi connectivity index (χ4v) is 3.42. The maximum Gasteiger partial charge on any atom is 0.373 e. The third-order valence-electron chi connectivity index (χ3n) is 4.30. The van der Waals surface area contributed by atoms with Gasteiger partial charge < -0.3 is 14.8 Å². The average molecular weight is 482 g/mol. The second-order valence-corrected chi connectivity index (χ2v) is 7.09. The summed E-state index contributed by atoms with van der Waals surface area (Å²) < 4.78 is 12.3. The molecule has 1 N–H and O–H groups in total. The number of anilines is 2. The fourth-order valence-electron chi connectivity index (χ4n) is 2.97. The van der Waals surface area contributed by atoms with Gasteiger partial charge in [0.05, 0.1) is 17.2 Å². The number of fused-ring (bicyclic) bond motifs is 1. The minimum atomic E-state index is -0.588. The van der Waals surface area contributed by atoms with Gasteiger partial charge in [-0.3, -0.25) is 15.1 Å². The summed E-state index contributed by atoms with van der Waals surface area (Å²) >= 11 is 3.47. The number of nitro groups is 1. The van der Waals surface area contributed by atoms with Crippen LogP contribution < -0.4 is 14.8 Å². The molecule has 0 unspecified atom stereocenters. The van der Waals surface area contributed by atoms with Crippen LogP contribution in [0.3, 0.4) is 0 Å². The molecular formula is C21H16BrN5O4. The molecule has 0 aliphatic carbocycles. The van der Waals surface area contributed by atoms with E-state index in [2.05, 4.69) is 36.2 Å². The van der Waals surface area contributed by atoms with Crippen LogP contribution >= 0.6 is 15.9 Å². The standard InChI is InChI=1S/C21H16BrN5O4/c1-2-30-16-8-4-3-7-15(16)26-20-19(27(28)29)21(25-12-24-20)31-17-10-9-14(22)13-6-5-11-23-18(13)17/h3-12H,2H2,1H3,(H,24,25,26). The molecule has 156 valence electrons. The number of nitrogens with zero attached hydrogens (tertiary/aromatic N) is 4. The van der Waals surface area contributed by atoms with Crippen LogP contribution in [0.5, 0.6) is 17.4 Å². The number of ether oxygens (including phenoxy) is 2. The van der Waals surface area contributed by atoms with E-state index in [1.807, 2.05) is 19.1 Å². The average Bonchev–Trinajstić information content (AvgIpc) is 2.77. The van der Waals surface area contributed by atoms with Crippen molar-refractivity contribution in [2.45, 2.75) is 6.92 Å². The molecule has 0 spiro atoms. The summed E-state index contributed by atoms with van der Waals surface area (Å²) in [7, 11) is 0. The molecule has 0 atom stereocenters. The van der Waals surface area contributed by atoms with Crippen LogP contribution in [-0.2, 0) is 0 Å². The molecule has 0 aliphatic rings. The SMILES string of the molecule is CCOc1ccccc1Nc1ncnc(Oc2ccc(Br)c3cccnc23)c1[N+](=O)[O-]. The van der Waals surface area contributed by atoms with Gasteiger partial charge in [0.1, 0.15) is 17.6 Å². The largest absolute Gasteiger partial charge is 0.492 e. The first-order chi connectivity index (χ1) is 15.1. The number of hydrogen-bond acceptors (Lipinski definition) is 8. The number of hydrogen-bond donors (Lipinski definition) is 1. The predicted octanol–water partition coefficient (Wildman–Crippen LogP) is 5.63. The Bertz CT molecular complexity index is 1270. The van der Waals surface area contributed by atoms with Gasteiger partial charge in [-0.25, -0.2) is 4.98 Å². The fraction of sp³-hybridized carbons (Fsp3) is 0.0952. The summed E-state index contributed by atoms with van der Waals surface area (Å²) in [5, 5.41) is 15.7. The molecule has 2 aromatic heterocycles. The van der Waals surface area contributed by atoms with Gasteiger partial charge in [0, 0.05) is 16.1 Å². The lowest BCUT2D eigenvalue weighted by molar-refractivity contribution is -0.385. The van der Waals surface area contributed by atoms with Crippen molar-refractivity contribution in [1.29, 1.82) is 0 Å². The zero-order chi connectivity index (χ0) is 21.8. The minimum absolute atomic E-state index is 0.0171. The number of pyridine rings is 1. The molecular weight excluding hydrogens is 466 g/mol. The summed E-state index contributed by atoms with van der Waals surface area (Å²) in [5.74, 6) is 0.659. The second-order valence-electron chi connectivity index (χ2n) is 6.23. The lowest BCUT2D eigenvalue weighted by Gasteiger charge is -2.13. The summed E-state index contributed by atoms with van der Waals surface area (Å²) in [6.45, 7) is 2.30.